The lowest BCUT2D eigenvalue weighted by atomic mass is 10.3. The number of benzene rings is 1. The molecule has 1 aromatic heterocycles. The summed E-state index contributed by atoms with van der Waals surface area (Å²) in [5.74, 6) is 0.346. The van der Waals surface area contributed by atoms with Crippen molar-refractivity contribution in [1.82, 2.24) is 0 Å². The molecule has 0 atom stereocenters. The largest absolute Gasteiger partial charge is 0.741 e. The molecule has 0 radical (unpaired) electrons. The standard InChI is InChI=1S/C10H7IOS.CHF3O3S/c12-9-5-3-8(4-6-9)11-10-2-1-7-13-10;2-1(3,4)8(5,6)7/h1-7H;(H,5,6,7). The van der Waals surface area contributed by atoms with Gasteiger partial charge in [-0.2, -0.15) is 13.2 Å². The van der Waals surface area contributed by atoms with Crippen molar-refractivity contribution in [2.45, 2.75) is 5.51 Å². The van der Waals surface area contributed by atoms with Crippen LogP contribution in [0.3, 0.4) is 0 Å². The summed E-state index contributed by atoms with van der Waals surface area (Å²) in [7, 11) is -6.09. The molecule has 116 valence electrons. The van der Waals surface area contributed by atoms with Gasteiger partial charge in [0.05, 0.1) is 0 Å². The van der Waals surface area contributed by atoms with Crippen LogP contribution in [0, 0.1) is 6.45 Å². The molecular weight excluding hydrogens is 444 g/mol. The van der Waals surface area contributed by atoms with Gasteiger partial charge in [0.15, 0.2) is 13.7 Å². The maximum atomic E-state index is 10.7. The number of thiophene rings is 1. The van der Waals surface area contributed by atoms with Crippen LogP contribution in [0.1, 0.15) is 0 Å². The molecule has 1 N–H and O–H groups in total. The molecule has 0 aliphatic carbocycles. The Balaban J connectivity index is 0.000000240. The fourth-order valence-electron chi connectivity index (χ4n) is 0.924. The third kappa shape index (κ3) is 6.63. The first kappa shape index (κ1) is 18.2. The number of phenolic OH excluding ortho intramolecular Hbond substituents is 1. The zero-order chi connectivity index (χ0) is 16.1. The van der Waals surface area contributed by atoms with Gasteiger partial charge in [-0.25, -0.2) is 8.42 Å². The molecule has 1 heterocycles. The monoisotopic (exact) mass is 452 g/mol. The maximum Gasteiger partial charge on any atom is 0.485 e. The number of alkyl halides is 3. The average Bonchev–Trinajstić information content (AvgIpc) is 2.83. The third-order valence-electron chi connectivity index (χ3n) is 1.80. The van der Waals surface area contributed by atoms with Crippen molar-refractivity contribution in [3.63, 3.8) is 0 Å². The summed E-state index contributed by atoms with van der Waals surface area (Å²) < 4.78 is 61.7. The minimum atomic E-state index is -6.09. The Hall–Kier alpha value is -0.850. The molecule has 0 aliphatic heterocycles. The molecule has 0 saturated carbocycles. The van der Waals surface area contributed by atoms with Gasteiger partial charge < -0.3 is 9.66 Å². The Kier molecular flexibility index (Phi) is 6.43. The summed E-state index contributed by atoms with van der Waals surface area (Å²) in [4.78, 5) is 0. The van der Waals surface area contributed by atoms with Gasteiger partial charge in [0.1, 0.15) is 5.75 Å². The van der Waals surface area contributed by atoms with E-state index < -0.39 is 15.6 Å². The van der Waals surface area contributed by atoms with Crippen LogP contribution < -0.4 is 21.2 Å². The fraction of sp³-hybridized carbons (Fsp3) is 0.0909. The molecule has 1 aromatic carbocycles. The van der Waals surface area contributed by atoms with Gasteiger partial charge in [0.2, 0.25) is 2.88 Å². The molecule has 0 aliphatic rings. The van der Waals surface area contributed by atoms with Gasteiger partial charge in [-0.05, 0) is 35.7 Å². The van der Waals surface area contributed by atoms with E-state index in [2.05, 4.69) is 17.5 Å². The smallest absolute Gasteiger partial charge is 0.485 e. The molecule has 0 bridgehead atoms. The maximum absolute atomic E-state index is 10.7. The molecule has 0 fully saturated rings. The van der Waals surface area contributed by atoms with E-state index in [9.17, 15) is 13.2 Å². The van der Waals surface area contributed by atoms with Gasteiger partial charge in [0.25, 0.3) is 0 Å². The molecule has 2 rings (SSSR count). The lowest BCUT2D eigenvalue weighted by Crippen LogP contribution is -3.61. The second-order valence-corrected chi connectivity index (χ2v) is 9.39. The Labute approximate surface area is 133 Å². The van der Waals surface area contributed by atoms with Crippen molar-refractivity contribution in [2.75, 3.05) is 0 Å². The molecular formula is C11H8F3IO4S2. The Morgan fingerprint density at radius 1 is 1.14 bits per heavy atom. The summed E-state index contributed by atoms with van der Waals surface area (Å²) in [5.41, 5.74) is -5.65. The van der Waals surface area contributed by atoms with Crippen molar-refractivity contribution in [3.05, 3.63) is 48.2 Å². The molecule has 0 saturated heterocycles. The van der Waals surface area contributed by atoms with Crippen LogP contribution in [0.15, 0.2) is 41.8 Å². The third-order valence-corrected chi connectivity index (χ3v) is 6.53. The number of hydrogen-bond acceptors (Lipinski definition) is 5. The van der Waals surface area contributed by atoms with Crippen molar-refractivity contribution in [3.8, 4) is 5.75 Å². The lowest BCUT2D eigenvalue weighted by molar-refractivity contribution is -0.591. The van der Waals surface area contributed by atoms with E-state index in [0.717, 1.165) is 0 Å². The van der Waals surface area contributed by atoms with Crippen molar-refractivity contribution < 1.29 is 52.5 Å². The number of rotatable bonds is 2. The van der Waals surface area contributed by atoms with E-state index in [4.69, 9.17) is 18.1 Å². The zero-order valence-electron chi connectivity index (χ0n) is 10.0. The van der Waals surface area contributed by atoms with E-state index in [0.29, 0.717) is 5.75 Å². The van der Waals surface area contributed by atoms with E-state index in [1.807, 2.05) is 23.5 Å². The predicted octanol–water partition coefficient (Wildman–Crippen LogP) is -0.366. The number of aromatic hydroxyl groups is 1. The quantitative estimate of drug-likeness (QED) is 0.384. The molecule has 2 aromatic rings. The van der Waals surface area contributed by atoms with Crippen LogP contribution in [-0.2, 0) is 10.1 Å². The zero-order valence-corrected chi connectivity index (χ0v) is 13.8. The minimum absolute atomic E-state index is 0.0391. The van der Waals surface area contributed by atoms with Crippen LogP contribution in [0.4, 0.5) is 13.2 Å². The summed E-state index contributed by atoms with van der Waals surface area (Å²) in [6.07, 6.45) is 0. The Morgan fingerprint density at radius 3 is 2.05 bits per heavy atom. The Bertz CT molecular complexity index is 652. The van der Waals surface area contributed by atoms with Crippen LogP contribution in [0.2, 0.25) is 0 Å². The van der Waals surface area contributed by atoms with Gasteiger partial charge in [0, 0.05) is 6.07 Å². The van der Waals surface area contributed by atoms with Crippen LogP contribution in [-0.4, -0.2) is 23.6 Å². The van der Waals surface area contributed by atoms with Gasteiger partial charge in [-0.1, -0.05) is 11.3 Å². The molecule has 0 spiro atoms. The van der Waals surface area contributed by atoms with Crippen LogP contribution in [0.25, 0.3) is 0 Å². The highest BCUT2D eigenvalue weighted by Crippen LogP contribution is 2.20. The number of halogens is 4. The summed E-state index contributed by atoms with van der Waals surface area (Å²) in [6.45, 7) is 0. The van der Waals surface area contributed by atoms with E-state index in [-0.39, 0.29) is 21.2 Å². The minimum Gasteiger partial charge on any atom is -0.741 e. The second kappa shape index (κ2) is 7.42. The van der Waals surface area contributed by atoms with Crippen LogP contribution >= 0.6 is 11.3 Å². The molecule has 0 unspecified atom stereocenters. The normalized spacial score (nSPS) is 11.6. The fourth-order valence-corrected chi connectivity index (χ4v) is 4.55. The molecule has 21 heavy (non-hydrogen) atoms. The highest BCUT2D eigenvalue weighted by molar-refractivity contribution is 7.86. The highest BCUT2D eigenvalue weighted by atomic mass is 127. The van der Waals surface area contributed by atoms with E-state index >= 15 is 0 Å². The topological polar surface area (TPSA) is 77.4 Å². The van der Waals surface area contributed by atoms with Gasteiger partial charge in [-0.3, -0.25) is 0 Å². The van der Waals surface area contributed by atoms with E-state index in [1.54, 1.807) is 12.1 Å². The van der Waals surface area contributed by atoms with Crippen molar-refractivity contribution in [1.29, 1.82) is 0 Å². The first-order valence-corrected chi connectivity index (χ1v) is 9.53. The summed E-state index contributed by atoms with van der Waals surface area (Å²) >= 11 is 1.77. The SMILES string of the molecule is O=S(=O)([O-])C(F)(F)F.Oc1ccc([I+]c2cccs2)cc1. The Morgan fingerprint density at radius 2 is 1.67 bits per heavy atom. The van der Waals surface area contributed by atoms with Gasteiger partial charge in [-0.15, -0.1) is 0 Å². The highest BCUT2D eigenvalue weighted by Gasteiger charge is 2.36. The van der Waals surface area contributed by atoms with Crippen LogP contribution in [0.5, 0.6) is 5.75 Å². The van der Waals surface area contributed by atoms with Crippen molar-refractivity contribution >= 4 is 21.5 Å². The molecule has 0 amide bonds. The number of hydrogen-bond donors (Lipinski definition) is 1. The lowest BCUT2D eigenvalue weighted by Gasteiger charge is -2.08. The first-order valence-electron chi connectivity index (χ1n) is 5.09. The predicted molar refractivity (Wildman–Crippen MR) is 65.6 cm³/mol. The summed E-state index contributed by atoms with van der Waals surface area (Å²) in [5, 5.41) is 11.2. The molecule has 4 nitrogen and oxygen atoms in total. The van der Waals surface area contributed by atoms with Crippen molar-refractivity contribution in [2.24, 2.45) is 0 Å². The summed E-state index contributed by atoms with van der Waals surface area (Å²) in [6, 6.07) is 11.8. The first-order chi connectivity index (χ1) is 9.59. The average molecular weight is 452 g/mol. The second-order valence-electron chi connectivity index (χ2n) is 3.39. The molecule has 10 heteroatoms. The van der Waals surface area contributed by atoms with E-state index in [1.165, 1.54) is 6.45 Å². The number of phenols is 1. The van der Waals surface area contributed by atoms with Gasteiger partial charge >= 0.3 is 26.7 Å².